The maximum Gasteiger partial charge on any atom is 0.222 e. The molecule has 3 rings (SSSR count). The number of ketones is 1. The van der Waals surface area contributed by atoms with Gasteiger partial charge >= 0.3 is 0 Å². The molecular weight excluding hydrogens is 350 g/mol. The number of hydrogen-bond acceptors (Lipinski definition) is 5. The quantitative estimate of drug-likeness (QED) is 0.407. The van der Waals surface area contributed by atoms with Crippen molar-refractivity contribution in [2.75, 3.05) is 4.90 Å². The van der Waals surface area contributed by atoms with E-state index in [0.717, 1.165) is 22.4 Å². The van der Waals surface area contributed by atoms with Gasteiger partial charge in [0.1, 0.15) is 6.04 Å². The molecule has 1 heterocycles. The van der Waals surface area contributed by atoms with Crippen molar-refractivity contribution in [1.29, 1.82) is 0 Å². The molecule has 0 saturated carbocycles. The molecule has 0 bridgehead atoms. The first-order chi connectivity index (χ1) is 12.0. The van der Waals surface area contributed by atoms with Crippen molar-refractivity contribution < 1.29 is 9.59 Å². The highest BCUT2D eigenvalue weighted by atomic mass is 33.1. The summed E-state index contributed by atoms with van der Waals surface area (Å²) in [6.07, 6.45) is 0.443. The van der Waals surface area contributed by atoms with Gasteiger partial charge in [-0.1, -0.05) is 59.2 Å². The van der Waals surface area contributed by atoms with Crippen LogP contribution in [0.5, 0.6) is 0 Å². The van der Waals surface area contributed by atoms with Gasteiger partial charge in [0.15, 0.2) is 6.29 Å². The molecule has 2 aromatic carbocycles. The van der Waals surface area contributed by atoms with Crippen LogP contribution >= 0.6 is 21.6 Å². The van der Waals surface area contributed by atoms with Crippen LogP contribution in [-0.2, 0) is 16.1 Å². The van der Waals surface area contributed by atoms with Crippen LogP contribution in [0.3, 0.4) is 0 Å². The van der Waals surface area contributed by atoms with E-state index in [-0.39, 0.29) is 0 Å². The number of aryl methyl sites for hydroxylation is 1. The normalized spacial score (nSPS) is 16.2. The van der Waals surface area contributed by atoms with Crippen LogP contribution in [0, 0.1) is 6.92 Å². The third-order valence-corrected chi connectivity index (χ3v) is 7.11. The average molecular weight is 372 g/mol. The fourth-order valence-electron chi connectivity index (χ4n) is 3.01. The SMILES string of the molecule is Cc1ccc2c(c1)C(C(=O)C=O)N(c1ccc(SSC(C)C)cc1)C2. The smallest absolute Gasteiger partial charge is 0.222 e. The van der Waals surface area contributed by atoms with Crippen LogP contribution in [0.1, 0.15) is 36.6 Å². The van der Waals surface area contributed by atoms with Gasteiger partial charge in [-0.3, -0.25) is 9.59 Å². The summed E-state index contributed by atoms with van der Waals surface area (Å²) in [5.74, 6) is -0.391. The molecular formula is C20H21NO2S2. The summed E-state index contributed by atoms with van der Waals surface area (Å²) < 4.78 is 0. The van der Waals surface area contributed by atoms with Crippen molar-refractivity contribution in [3.63, 3.8) is 0 Å². The fraction of sp³-hybridized carbons (Fsp3) is 0.300. The molecule has 0 radical (unpaired) electrons. The molecule has 0 amide bonds. The standard InChI is InChI=1S/C20H21NO2S2/c1-13(2)24-25-17-8-6-16(7-9-17)21-11-15-5-4-14(3)10-18(15)20(21)19(23)12-22/h4-10,12-13,20H,11H2,1-3H3. The number of carbonyl (C=O) groups excluding carboxylic acids is 2. The first-order valence-corrected chi connectivity index (χ1v) is 10.5. The first kappa shape index (κ1) is 18.1. The summed E-state index contributed by atoms with van der Waals surface area (Å²) in [5, 5.41) is 0.565. The molecule has 0 aliphatic carbocycles. The Morgan fingerprint density at radius 1 is 1.20 bits per heavy atom. The lowest BCUT2D eigenvalue weighted by Crippen LogP contribution is -2.28. The summed E-state index contributed by atoms with van der Waals surface area (Å²) in [6, 6.07) is 13.8. The summed E-state index contributed by atoms with van der Waals surface area (Å²) in [4.78, 5) is 26.7. The van der Waals surface area contributed by atoms with Crippen molar-refractivity contribution in [2.24, 2.45) is 0 Å². The molecule has 1 unspecified atom stereocenters. The minimum Gasteiger partial charge on any atom is -0.353 e. The van der Waals surface area contributed by atoms with E-state index in [1.165, 1.54) is 4.90 Å². The average Bonchev–Trinajstić information content (AvgIpc) is 2.98. The van der Waals surface area contributed by atoms with Crippen molar-refractivity contribution in [3.05, 3.63) is 59.2 Å². The summed E-state index contributed by atoms with van der Waals surface area (Å²) in [6.45, 7) is 6.99. The van der Waals surface area contributed by atoms with Gasteiger partial charge in [-0.05, 0) is 42.3 Å². The Labute approximate surface area is 156 Å². The highest BCUT2D eigenvalue weighted by Crippen LogP contribution is 2.40. The summed E-state index contributed by atoms with van der Waals surface area (Å²) >= 11 is 0. The molecule has 25 heavy (non-hydrogen) atoms. The molecule has 0 fully saturated rings. The monoisotopic (exact) mass is 371 g/mol. The number of anilines is 1. The van der Waals surface area contributed by atoms with Crippen LogP contribution in [0.25, 0.3) is 0 Å². The molecule has 0 N–H and O–H groups in total. The fourth-order valence-corrected chi connectivity index (χ4v) is 4.81. The zero-order valence-corrected chi connectivity index (χ0v) is 16.2. The summed E-state index contributed by atoms with van der Waals surface area (Å²) in [7, 11) is 3.58. The topological polar surface area (TPSA) is 37.4 Å². The van der Waals surface area contributed by atoms with Crippen LogP contribution < -0.4 is 4.90 Å². The Morgan fingerprint density at radius 2 is 1.92 bits per heavy atom. The van der Waals surface area contributed by atoms with Gasteiger partial charge in [0, 0.05) is 22.4 Å². The van der Waals surface area contributed by atoms with E-state index in [1.807, 2.05) is 46.9 Å². The Morgan fingerprint density at radius 3 is 2.56 bits per heavy atom. The number of nitrogens with zero attached hydrogens (tertiary/aromatic N) is 1. The minimum absolute atomic E-state index is 0.391. The van der Waals surface area contributed by atoms with E-state index in [1.54, 1.807) is 10.8 Å². The molecule has 1 aliphatic rings. The number of Topliss-reactive ketones (excluding diaryl/α,β-unsaturated/α-hetero) is 1. The number of fused-ring (bicyclic) bond motifs is 1. The molecule has 1 aliphatic heterocycles. The lowest BCUT2D eigenvalue weighted by Gasteiger charge is -2.25. The minimum atomic E-state index is -0.518. The maximum atomic E-state index is 12.3. The van der Waals surface area contributed by atoms with Gasteiger partial charge in [-0.25, -0.2) is 0 Å². The molecule has 130 valence electrons. The zero-order valence-electron chi connectivity index (χ0n) is 14.6. The molecule has 0 saturated heterocycles. The van der Waals surface area contributed by atoms with E-state index in [4.69, 9.17) is 0 Å². The first-order valence-electron chi connectivity index (χ1n) is 8.28. The molecule has 1 atom stereocenters. The molecule has 0 spiro atoms. The van der Waals surface area contributed by atoms with Gasteiger partial charge in [-0.15, -0.1) is 0 Å². The van der Waals surface area contributed by atoms with Crippen molar-refractivity contribution in [2.45, 2.75) is 43.5 Å². The molecule has 0 aromatic heterocycles. The van der Waals surface area contributed by atoms with Gasteiger partial charge in [0.2, 0.25) is 5.78 Å². The van der Waals surface area contributed by atoms with Crippen LogP contribution in [0.2, 0.25) is 0 Å². The van der Waals surface area contributed by atoms with Crippen LogP contribution in [0.15, 0.2) is 47.4 Å². The number of benzene rings is 2. The molecule has 5 heteroatoms. The largest absolute Gasteiger partial charge is 0.353 e. The van der Waals surface area contributed by atoms with Crippen LogP contribution in [-0.4, -0.2) is 17.3 Å². The van der Waals surface area contributed by atoms with Crippen molar-refractivity contribution in [1.82, 2.24) is 0 Å². The Kier molecular flexibility index (Phi) is 5.54. The molecule has 2 aromatic rings. The lowest BCUT2D eigenvalue weighted by molar-refractivity contribution is -0.130. The second-order valence-corrected chi connectivity index (χ2v) is 9.33. The second kappa shape index (κ2) is 7.67. The highest BCUT2D eigenvalue weighted by molar-refractivity contribution is 8.76. The van der Waals surface area contributed by atoms with Crippen molar-refractivity contribution >= 4 is 39.3 Å². The third kappa shape index (κ3) is 3.93. The van der Waals surface area contributed by atoms with Gasteiger partial charge in [0.05, 0.1) is 0 Å². The van der Waals surface area contributed by atoms with Gasteiger partial charge in [-0.2, -0.15) is 0 Å². The Bertz CT molecular complexity index is 787. The third-order valence-electron chi connectivity index (χ3n) is 4.14. The number of hydrogen-bond donors (Lipinski definition) is 0. The highest BCUT2D eigenvalue weighted by Gasteiger charge is 2.35. The van der Waals surface area contributed by atoms with Crippen molar-refractivity contribution in [3.8, 4) is 0 Å². The second-order valence-electron chi connectivity index (χ2n) is 6.48. The Hall–Kier alpha value is -1.72. The maximum absolute atomic E-state index is 12.3. The van der Waals surface area contributed by atoms with Gasteiger partial charge in [0.25, 0.3) is 0 Å². The molecule has 3 nitrogen and oxygen atoms in total. The van der Waals surface area contributed by atoms with E-state index >= 15 is 0 Å². The predicted molar refractivity (Wildman–Crippen MR) is 106 cm³/mol. The zero-order chi connectivity index (χ0) is 18.0. The van der Waals surface area contributed by atoms with E-state index < -0.39 is 11.8 Å². The van der Waals surface area contributed by atoms with E-state index in [0.29, 0.717) is 18.1 Å². The predicted octanol–water partition coefficient (Wildman–Crippen LogP) is 4.97. The summed E-state index contributed by atoms with van der Waals surface area (Å²) in [5.41, 5.74) is 4.13. The lowest BCUT2D eigenvalue weighted by atomic mass is 9.99. The van der Waals surface area contributed by atoms with Gasteiger partial charge < -0.3 is 4.90 Å². The Balaban J connectivity index is 1.88. The van der Waals surface area contributed by atoms with E-state index in [9.17, 15) is 9.59 Å². The number of aldehydes is 1. The van der Waals surface area contributed by atoms with E-state index in [2.05, 4.69) is 32.0 Å². The number of rotatable bonds is 6. The van der Waals surface area contributed by atoms with Crippen LogP contribution in [0.4, 0.5) is 5.69 Å². The number of carbonyl (C=O) groups is 2.